The molecule has 42 heavy (non-hydrogen) atoms. The quantitative estimate of drug-likeness (QED) is 0.234. The van der Waals surface area contributed by atoms with Crippen molar-refractivity contribution in [2.24, 2.45) is 0 Å². The molecule has 1 aliphatic heterocycles. The number of carbonyl (C=O) groups is 1. The molecule has 0 saturated carbocycles. The molecule has 1 N–H and O–H groups in total. The molecule has 1 fully saturated rings. The van der Waals surface area contributed by atoms with Gasteiger partial charge in [0.1, 0.15) is 12.1 Å². The van der Waals surface area contributed by atoms with Gasteiger partial charge in [-0.1, -0.05) is 79.7 Å². The number of carboxylic acids is 1. The number of ether oxygens (including phenoxy) is 1. The topological polar surface area (TPSA) is 93.8 Å². The average Bonchev–Trinajstić information content (AvgIpc) is 3.02. The van der Waals surface area contributed by atoms with E-state index in [0.717, 1.165) is 50.0 Å². The minimum atomic E-state index is -1.08. The Bertz CT molecular complexity index is 1550. The van der Waals surface area contributed by atoms with E-state index in [-0.39, 0.29) is 30.7 Å². The molecule has 3 aromatic carbocycles. The highest BCUT2D eigenvalue weighted by molar-refractivity contribution is 5.81. The molecule has 8 nitrogen and oxygen atoms in total. The van der Waals surface area contributed by atoms with Crippen molar-refractivity contribution >= 4 is 16.9 Å². The van der Waals surface area contributed by atoms with Gasteiger partial charge in [0.05, 0.1) is 17.0 Å². The summed E-state index contributed by atoms with van der Waals surface area (Å²) < 4.78 is 9.15. The summed E-state index contributed by atoms with van der Waals surface area (Å²) in [7, 11) is 0. The highest BCUT2D eigenvalue weighted by Gasteiger charge is 2.26. The molecule has 1 atom stereocenters. The van der Waals surface area contributed by atoms with E-state index < -0.39 is 17.7 Å². The van der Waals surface area contributed by atoms with Crippen molar-refractivity contribution in [3.8, 4) is 0 Å². The van der Waals surface area contributed by atoms with Crippen LogP contribution >= 0.6 is 0 Å². The van der Waals surface area contributed by atoms with Gasteiger partial charge in [0.25, 0.3) is 5.56 Å². The van der Waals surface area contributed by atoms with Crippen molar-refractivity contribution in [2.75, 3.05) is 19.6 Å². The van der Waals surface area contributed by atoms with Crippen molar-refractivity contribution in [1.82, 2.24) is 14.0 Å². The van der Waals surface area contributed by atoms with Crippen LogP contribution in [0.1, 0.15) is 62.3 Å². The lowest BCUT2D eigenvalue weighted by atomic mass is 10.00. The van der Waals surface area contributed by atoms with Crippen LogP contribution in [0.4, 0.5) is 0 Å². The number of nitrogens with zero attached hydrogens (tertiary/aromatic N) is 3. The van der Waals surface area contributed by atoms with E-state index in [2.05, 4.69) is 29.2 Å². The maximum absolute atomic E-state index is 13.4. The number of aromatic nitrogens is 2. The molecular formula is C34H39N3O5. The van der Waals surface area contributed by atoms with Crippen molar-refractivity contribution in [3.63, 3.8) is 0 Å². The molecule has 1 aliphatic rings. The van der Waals surface area contributed by atoms with E-state index in [1.54, 1.807) is 31.2 Å². The average molecular weight is 570 g/mol. The van der Waals surface area contributed by atoms with Crippen molar-refractivity contribution in [2.45, 2.75) is 63.8 Å². The van der Waals surface area contributed by atoms with Gasteiger partial charge < -0.3 is 14.7 Å². The highest BCUT2D eigenvalue weighted by Crippen LogP contribution is 2.30. The summed E-state index contributed by atoms with van der Waals surface area (Å²) in [6.07, 6.45) is 3.68. The van der Waals surface area contributed by atoms with Crippen molar-refractivity contribution in [1.29, 1.82) is 0 Å². The van der Waals surface area contributed by atoms with E-state index >= 15 is 0 Å². The van der Waals surface area contributed by atoms with Gasteiger partial charge in [-0.3, -0.25) is 13.9 Å². The Morgan fingerprint density at radius 2 is 1.43 bits per heavy atom. The largest absolute Gasteiger partial charge is 0.480 e. The van der Waals surface area contributed by atoms with Crippen LogP contribution < -0.4 is 11.2 Å². The van der Waals surface area contributed by atoms with Gasteiger partial charge in [0, 0.05) is 19.6 Å². The van der Waals surface area contributed by atoms with Crippen LogP contribution in [-0.4, -0.2) is 50.8 Å². The first-order chi connectivity index (χ1) is 20.5. The van der Waals surface area contributed by atoms with Gasteiger partial charge in [0.2, 0.25) is 0 Å². The molecule has 0 amide bonds. The third-order valence-electron chi connectivity index (χ3n) is 8.23. The van der Waals surface area contributed by atoms with Gasteiger partial charge in [-0.25, -0.2) is 9.59 Å². The number of piperidine rings is 1. The van der Waals surface area contributed by atoms with E-state index in [1.807, 2.05) is 36.4 Å². The number of aliphatic carboxylic acids is 1. The smallest absolute Gasteiger partial charge is 0.332 e. The molecule has 220 valence electrons. The molecule has 2 heterocycles. The summed E-state index contributed by atoms with van der Waals surface area (Å²) >= 11 is 0. The zero-order valence-electron chi connectivity index (χ0n) is 24.1. The Morgan fingerprint density at radius 3 is 2.02 bits per heavy atom. The van der Waals surface area contributed by atoms with Crippen LogP contribution in [0.5, 0.6) is 0 Å². The standard InChI is InChI=1S/C34H39N3O5/c1-2-29(33(39)40)37-30-18-10-9-17-28(30)32(38)36(34(37)41)22-12-11-21-35-23-19-27(20-24-35)42-31(25-13-5-3-6-14-25)26-15-7-4-8-16-26/h3-10,13-18,27,29,31H,2,11-12,19-24H2,1H3,(H,39,40). The molecule has 0 spiro atoms. The molecule has 1 aromatic heterocycles. The summed E-state index contributed by atoms with van der Waals surface area (Å²) in [5.74, 6) is -1.08. The Morgan fingerprint density at radius 1 is 0.857 bits per heavy atom. The number of carboxylic acid groups (broad SMARTS) is 1. The SMILES string of the molecule is CCC(C(=O)O)n1c(=O)n(CCCCN2CCC(OC(c3ccccc3)c3ccccc3)CC2)c(=O)c2ccccc21. The van der Waals surface area contributed by atoms with E-state index in [1.165, 1.54) is 9.13 Å². The number of benzene rings is 3. The maximum atomic E-state index is 13.4. The normalized spacial score (nSPS) is 15.3. The van der Waals surface area contributed by atoms with Crippen LogP contribution in [0.15, 0.2) is 94.5 Å². The molecule has 1 unspecified atom stereocenters. The van der Waals surface area contributed by atoms with Crippen LogP contribution in [0.2, 0.25) is 0 Å². The lowest BCUT2D eigenvalue weighted by Crippen LogP contribution is -2.43. The zero-order chi connectivity index (χ0) is 29.5. The van der Waals surface area contributed by atoms with Crippen molar-refractivity contribution in [3.05, 3.63) is 117 Å². The second-order valence-electron chi connectivity index (χ2n) is 11.0. The summed E-state index contributed by atoms with van der Waals surface area (Å²) in [5, 5.41) is 10.1. The lowest BCUT2D eigenvalue weighted by molar-refractivity contribution is -0.141. The van der Waals surface area contributed by atoms with E-state index in [9.17, 15) is 19.5 Å². The minimum Gasteiger partial charge on any atom is -0.480 e. The molecule has 8 heteroatoms. The summed E-state index contributed by atoms with van der Waals surface area (Å²) in [6, 6.07) is 26.4. The third kappa shape index (κ3) is 6.55. The van der Waals surface area contributed by atoms with Gasteiger partial charge >= 0.3 is 11.7 Å². The van der Waals surface area contributed by atoms with E-state index in [4.69, 9.17) is 4.74 Å². The number of likely N-dealkylation sites (tertiary alicyclic amines) is 1. The van der Waals surface area contributed by atoms with Gasteiger partial charge in [-0.2, -0.15) is 0 Å². The number of fused-ring (bicyclic) bond motifs is 1. The molecule has 0 aliphatic carbocycles. The predicted molar refractivity (Wildman–Crippen MR) is 164 cm³/mol. The maximum Gasteiger partial charge on any atom is 0.332 e. The first-order valence-corrected chi connectivity index (χ1v) is 14.9. The monoisotopic (exact) mass is 569 g/mol. The molecule has 0 radical (unpaired) electrons. The van der Waals surface area contributed by atoms with Gasteiger partial charge in [-0.15, -0.1) is 0 Å². The first-order valence-electron chi connectivity index (χ1n) is 14.9. The zero-order valence-corrected chi connectivity index (χ0v) is 24.1. The highest BCUT2D eigenvalue weighted by atomic mass is 16.5. The van der Waals surface area contributed by atoms with Crippen molar-refractivity contribution < 1.29 is 14.6 Å². The van der Waals surface area contributed by atoms with Crippen LogP contribution in [0.3, 0.4) is 0 Å². The second-order valence-corrected chi connectivity index (χ2v) is 11.0. The number of unbranched alkanes of at least 4 members (excludes halogenated alkanes) is 1. The summed E-state index contributed by atoms with van der Waals surface area (Å²) in [4.78, 5) is 40.9. The molecule has 0 bridgehead atoms. The molecular weight excluding hydrogens is 530 g/mol. The Balaban J connectivity index is 1.18. The fourth-order valence-corrected chi connectivity index (χ4v) is 5.97. The predicted octanol–water partition coefficient (Wildman–Crippen LogP) is 5.25. The fraction of sp³-hybridized carbons (Fsp3) is 0.382. The first kappa shape index (κ1) is 29.5. The molecule has 4 aromatic rings. The third-order valence-corrected chi connectivity index (χ3v) is 8.23. The van der Waals surface area contributed by atoms with Gasteiger partial charge in [0.15, 0.2) is 0 Å². The van der Waals surface area contributed by atoms with Crippen LogP contribution in [-0.2, 0) is 16.1 Å². The number of hydrogen-bond acceptors (Lipinski definition) is 5. The number of para-hydroxylation sites is 1. The van der Waals surface area contributed by atoms with Crippen LogP contribution in [0.25, 0.3) is 10.9 Å². The molecule has 5 rings (SSSR count). The van der Waals surface area contributed by atoms with Gasteiger partial charge in [-0.05, 0) is 61.9 Å². The number of hydrogen-bond donors (Lipinski definition) is 1. The number of rotatable bonds is 12. The van der Waals surface area contributed by atoms with Crippen LogP contribution in [0, 0.1) is 0 Å². The van der Waals surface area contributed by atoms with E-state index in [0.29, 0.717) is 17.3 Å². The Labute approximate surface area is 245 Å². The minimum absolute atomic E-state index is 0.0957. The fourth-order valence-electron chi connectivity index (χ4n) is 5.97. The Hall–Kier alpha value is -4.01. The lowest BCUT2D eigenvalue weighted by Gasteiger charge is -2.34. The summed E-state index contributed by atoms with van der Waals surface area (Å²) in [5.41, 5.74) is 1.75. The molecule has 1 saturated heterocycles. The second kappa shape index (κ2) is 13.8. The Kier molecular flexibility index (Phi) is 9.66. The summed E-state index contributed by atoms with van der Waals surface area (Å²) in [6.45, 7) is 4.72.